The Hall–Kier alpha value is -3.18. The van der Waals surface area contributed by atoms with Crippen LogP contribution in [0.25, 0.3) is 11.0 Å². The summed E-state index contributed by atoms with van der Waals surface area (Å²) in [6, 6.07) is 10.6. The minimum Gasteiger partial charge on any atom is -0.356 e. The number of carbonyl (C=O) groups is 1. The molecule has 1 saturated heterocycles. The number of halogens is 2. The van der Waals surface area contributed by atoms with E-state index in [1.807, 2.05) is 0 Å². The number of hydrogen-bond acceptors (Lipinski definition) is 6. The Morgan fingerprint density at radius 1 is 1.12 bits per heavy atom. The molecule has 1 fully saturated rings. The van der Waals surface area contributed by atoms with E-state index >= 15 is 0 Å². The van der Waals surface area contributed by atoms with Crippen LogP contribution in [0.1, 0.15) is 29.6 Å². The second kappa shape index (κ2) is 8.40. The first-order valence-electron chi connectivity index (χ1n) is 9.95. The molecule has 1 amide bonds. The van der Waals surface area contributed by atoms with Gasteiger partial charge >= 0.3 is 0 Å². The Morgan fingerprint density at radius 3 is 2.72 bits per heavy atom. The molecule has 2 aromatic heterocycles. The zero-order valence-corrected chi connectivity index (χ0v) is 17.8. The molecule has 3 N–H and O–H groups in total. The number of alkyl halides is 2. The monoisotopic (exact) mass is 461 g/mol. The SMILES string of the molecule is NS(=O)(=O)c1cccc(NC(=O)c2cc3cccnc3nc2N2CCCC(F)(F)CC2)c1. The molecular weight excluding hydrogens is 440 g/mol. The van der Waals surface area contributed by atoms with Gasteiger partial charge in [0.1, 0.15) is 5.82 Å². The van der Waals surface area contributed by atoms with Gasteiger partial charge < -0.3 is 10.2 Å². The van der Waals surface area contributed by atoms with Crippen LogP contribution in [0.15, 0.2) is 53.6 Å². The first-order chi connectivity index (χ1) is 15.1. The largest absolute Gasteiger partial charge is 0.356 e. The van der Waals surface area contributed by atoms with Crippen molar-refractivity contribution in [3.8, 4) is 0 Å². The van der Waals surface area contributed by atoms with E-state index in [1.165, 1.54) is 24.3 Å². The summed E-state index contributed by atoms with van der Waals surface area (Å²) in [6.45, 7) is 0.363. The number of amides is 1. The van der Waals surface area contributed by atoms with Gasteiger partial charge in [0.05, 0.1) is 10.5 Å². The van der Waals surface area contributed by atoms with Gasteiger partial charge in [-0.2, -0.15) is 0 Å². The average Bonchev–Trinajstić information content (AvgIpc) is 2.92. The molecule has 168 valence electrons. The Morgan fingerprint density at radius 2 is 1.94 bits per heavy atom. The fraction of sp³-hybridized carbons (Fsp3) is 0.286. The van der Waals surface area contributed by atoms with E-state index in [-0.39, 0.29) is 47.8 Å². The van der Waals surface area contributed by atoms with Gasteiger partial charge in [-0.05, 0) is 42.8 Å². The molecule has 1 aliphatic heterocycles. The maximum Gasteiger partial charge on any atom is 0.259 e. The van der Waals surface area contributed by atoms with Gasteiger partial charge in [0.25, 0.3) is 5.91 Å². The van der Waals surface area contributed by atoms with Crippen LogP contribution in [-0.2, 0) is 10.0 Å². The third-order valence-electron chi connectivity index (χ3n) is 5.25. The van der Waals surface area contributed by atoms with E-state index in [0.717, 1.165) is 0 Å². The van der Waals surface area contributed by atoms with Gasteiger partial charge in [-0.1, -0.05) is 6.07 Å². The number of anilines is 2. The maximum absolute atomic E-state index is 13.9. The fourth-order valence-electron chi connectivity index (χ4n) is 3.63. The van der Waals surface area contributed by atoms with Crippen molar-refractivity contribution in [3.05, 3.63) is 54.2 Å². The van der Waals surface area contributed by atoms with Crippen molar-refractivity contribution in [1.82, 2.24) is 9.97 Å². The molecule has 0 atom stereocenters. The quantitative estimate of drug-likeness (QED) is 0.616. The summed E-state index contributed by atoms with van der Waals surface area (Å²) in [5, 5.41) is 8.43. The summed E-state index contributed by atoms with van der Waals surface area (Å²) in [6.07, 6.45) is 1.25. The highest BCUT2D eigenvalue weighted by Crippen LogP contribution is 2.32. The van der Waals surface area contributed by atoms with Gasteiger partial charge in [-0.3, -0.25) is 4.79 Å². The smallest absolute Gasteiger partial charge is 0.259 e. The number of nitrogens with zero attached hydrogens (tertiary/aromatic N) is 3. The van der Waals surface area contributed by atoms with Crippen molar-refractivity contribution < 1.29 is 22.0 Å². The normalized spacial score (nSPS) is 16.5. The predicted molar refractivity (Wildman–Crippen MR) is 116 cm³/mol. The Kier molecular flexibility index (Phi) is 5.78. The van der Waals surface area contributed by atoms with Crippen molar-refractivity contribution in [2.75, 3.05) is 23.3 Å². The Bertz CT molecular complexity index is 1280. The standard InChI is InChI=1S/C21H21F2N5O3S/c22-21(23)7-3-10-28(11-8-21)19-17(12-14-4-2-9-25-18(14)27-19)20(29)26-15-5-1-6-16(13-15)32(24,30)31/h1-2,4-6,9,12-13H,3,7-8,10-11H2,(H,26,29)(H2,24,30,31). The lowest BCUT2D eigenvalue weighted by Gasteiger charge is -2.24. The van der Waals surface area contributed by atoms with Crippen LogP contribution in [0.5, 0.6) is 0 Å². The van der Waals surface area contributed by atoms with Gasteiger partial charge in [0, 0.05) is 43.2 Å². The number of benzene rings is 1. The highest BCUT2D eigenvalue weighted by atomic mass is 32.2. The molecule has 0 aliphatic carbocycles. The second-order valence-electron chi connectivity index (χ2n) is 7.63. The number of aromatic nitrogens is 2. The Balaban J connectivity index is 1.72. The molecular formula is C21H21F2N5O3S. The highest BCUT2D eigenvalue weighted by Gasteiger charge is 2.33. The van der Waals surface area contributed by atoms with Gasteiger partial charge in [0.15, 0.2) is 5.65 Å². The minimum atomic E-state index is -3.95. The van der Waals surface area contributed by atoms with E-state index in [4.69, 9.17) is 5.14 Å². The lowest BCUT2D eigenvalue weighted by atomic mass is 10.1. The summed E-state index contributed by atoms with van der Waals surface area (Å²) < 4.78 is 51.0. The predicted octanol–water partition coefficient (Wildman–Crippen LogP) is 3.16. The Labute approximate surface area is 183 Å². The molecule has 0 saturated carbocycles. The van der Waals surface area contributed by atoms with Crippen LogP contribution in [-0.4, -0.2) is 43.3 Å². The zero-order valence-electron chi connectivity index (χ0n) is 17.0. The lowest BCUT2D eigenvalue weighted by Crippen LogP contribution is -2.29. The van der Waals surface area contributed by atoms with Gasteiger partial charge in [0.2, 0.25) is 15.9 Å². The molecule has 0 spiro atoms. The summed E-state index contributed by atoms with van der Waals surface area (Å²) in [5.41, 5.74) is 0.796. The minimum absolute atomic E-state index is 0.0412. The van der Waals surface area contributed by atoms with Gasteiger partial charge in [-0.15, -0.1) is 0 Å². The van der Waals surface area contributed by atoms with Crippen LogP contribution in [0.4, 0.5) is 20.3 Å². The average molecular weight is 461 g/mol. The molecule has 0 radical (unpaired) electrons. The number of pyridine rings is 2. The number of fused-ring (bicyclic) bond motifs is 1. The van der Waals surface area contributed by atoms with E-state index in [2.05, 4.69) is 15.3 Å². The number of nitrogens with two attached hydrogens (primary N) is 1. The van der Waals surface area contributed by atoms with Crippen LogP contribution in [0.2, 0.25) is 0 Å². The number of nitrogens with one attached hydrogen (secondary N) is 1. The summed E-state index contributed by atoms with van der Waals surface area (Å²) in [7, 11) is -3.95. The van der Waals surface area contributed by atoms with Crippen LogP contribution >= 0.6 is 0 Å². The molecule has 0 unspecified atom stereocenters. The number of rotatable bonds is 4. The molecule has 0 bridgehead atoms. The van der Waals surface area contributed by atoms with E-state index in [1.54, 1.807) is 29.3 Å². The van der Waals surface area contributed by atoms with E-state index in [0.29, 0.717) is 17.6 Å². The highest BCUT2D eigenvalue weighted by molar-refractivity contribution is 7.89. The number of primary sulfonamides is 1. The lowest BCUT2D eigenvalue weighted by molar-refractivity contribution is -0.0102. The summed E-state index contributed by atoms with van der Waals surface area (Å²) >= 11 is 0. The number of sulfonamides is 1. The number of carbonyl (C=O) groups excluding carboxylic acids is 1. The molecule has 32 heavy (non-hydrogen) atoms. The summed E-state index contributed by atoms with van der Waals surface area (Å²) in [5.74, 6) is -3.06. The maximum atomic E-state index is 13.9. The van der Waals surface area contributed by atoms with Crippen LogP contribution < -0.4 is 15.4 Å². The van der Waals surface area contributed by atoms with E-state index < -0.39 is 21.9 Å². The molecule has 1 aromatic carbocycles. The topological polar surface area (TPSA) is 118 Å². The molecule has 3 aromatic rings. The van der Waals surface area contributed by atoms with Crippen LogP contribution in [0, 0.1) is 0 Å². The number of hydrogen-bond donors (Lipinski definition) is 2. The molecule has 4 rings (SSSR count). The van der Waals surface area contributed by atoms with Crippen molar-refractivity contribution >= 4 is 38.5 Å². The molecule has 3 heterocycles. The summed E-state index contributed by atoms with van der Waals surface area (Å²) in [4.78, 5) is 23.4. The molecule has 1 aliphatic rings. The molecule has 11 heteroatoms. The van der Waals surface area contributed by atoms with Crippen LogP contribution in [0.3, 0.4) is 0 Å². The fourth-order valence-corrected chi connectivity index (χ4v) is 4.19. The molecule has 8 nitrogen and oxygen atoms in total. The second-order valence-corrected chi connectivity index (χ2v) is 9.19. The zero-order chi connectivity index (χ0) is 22.9. The van der Waals surface area contributed by atoms with Crippen molar-refractivity contribution in [2.45, 2.75) is 30.1 Å². The first kappa shape index (κ1) is 22.0. The van der Waals surface area contributed by atoms with Crippen molar-refractivity contribution in [3.63, 3.8) is 0 Å². The van der Waals surface area contributed by atoms with E-state index in [9.17, 15) is 22.0 Å². The first-order valence-corrected chi connectivity index (χ1v) is 11.5. The third-order valence-corrected chi connectivity index (χ3v) is 6.16. The van der Waals surface area contributed by atoms with Crippen molar-refractivity contribution in [1.29, 1.82) is 0 Å². The van der Waals surface area contributed by atoms with Gasteiger partial charge in [-0.25, -0.2) is 32.3 Å². The third kappa shape index (κ3) is 4.83. The van der Waals surface area contributed by atoms with Crippen molar-refractivity contribution in [2.24, 2.45) is 5.14 Å².